The average molecular weight is 1140 g/mol. The van der Waals surface area contributed by atoms with Crippen molar-refractivity contribution in [1.82, 2.24) is 20.9 Å². The third-order valence-corrected chi connectivity index (χ3v) is 18.9. The van der Waals surface area contributed by atoms with E-state index in [0.717, 1.165) is 71.6 Å². The minimum absolute atomic E-state index is 0.00974. The number of hydrogen-bond acceptors (Lipinski definition) is 10. The zero-order valence-corrected chi connectivity index (χ0v) is 52.4. The number of allylic oxidation sites excluding steroid dienone is 1. The second-order valence-electron chi connectivity index (χ2n) is 28.8. The van der Waals surface area contributed by atoms with Crippen LogP contribution < -0.4 is 16.0 Å². The van der Waals surface area contributed by atoms with Gasteiger partial charge in [-0.25, -0.2) is 9.59 Å². The van der Waals surface area contributed by atoms with Gasteiger partial charge in [-0.15, -0.1) is 0 Å². The van der Waals surface area contributed by atoms with Crippen molar-refractivity contribution in [3.63, 3.8) is 0 Å². The van der Waals surface area contributed by atoms with Gasteiger partial charge in [0, 0.05) is 37.9 Å². The third-order valence-electron chi connectivity index (χ3n) is 18.9. The van der Waals surface area contributed by atoms with Gasteiger partial charge >= 0.3 is 24.1 Å². The Bertz CT molecular complexity index is 2560. The smallest absolute Gasteiger partial charge is 0.410 e. The lowest BCUT2D eigenvalue weighted by atomic mass is 9.46. The molecule has 3 N–H and O–H groups in total. The highest BCUT2D eigenvalue weighted by Crippen LogP contribution is 2.67. The molecule has 82 heavy (non-hydrogen) atoms. The first-order valence-corrected chi connectivity index (χ1v) is 31.3. The minimum Gasteiger partial charge on any atom is -0.460 e. The molecule has 0 heterocycles. The summed E-state index contributed by atoms with van der Waals surface area (Å²) in [6.45, 7) is 29.0. The van der Waals surface area contributed by atoms with Gasteiger partial charge in [0.15, 0.2) is 0 Å². The van der Waals surface area contributed by atoms with Crippen molar-refractivity contribution < 1.29 is 47.7 Å². The Balaban J connectivity index is 1.01. The average Bonchev–Trinajstić information content (AvgIpc) is 2.94. The third kappa shape index (κ3) is 16.3. The number of carbonyl (C=O) groups excluding carboxylic acids is 6. The summed E-state index contributed by atoms with van der Waals surface area (Å²) in [5, 5.41) is 8.43. The highest BCUT2D eigenvalue weighted by molar-refractivity contribution is 5.92. The molecule has 4 unspecified atom stereocenters. The highest BCUT2D eigenvalue weighted by Gasteiger charge is 2.59. The number of alkyl carbamates (subject to hydrolysis) is 1. The summed E-state index contributed by atoms with van der Waals surface area (Å²) in [6.07, 6.45) is 14.0. The van der Waals surface area contributed by atoms with Crippen molar-refractivity contribution >= 4 is 35.9 Å². The lowest BCUT2D eigenvalue weighted by Crippen LogP contribution is -2.54. The molecule has 7 rings (SSSR count). The quantitative estimate of drug-likeness (QED) is 0.0445. The Morgan fingerprint density at radius 3 is 1.83 bits per heavy atom. The second kappa shape index (κ2) is 26.7. The number of nitrogens with one attached hydrogen (secondary N) is 3. The predicted octanol–water partition coefficient (Wildman–Crippen LogP) is 13.8. The fraction of sp³-hybridized carbons (Fsp3) is 0.706. The summed E-state index contributed by atoms with van der Waals surface area (Å²) >= 11 is 0. The van der Waals surface area contributed by atoms with Crippen LogP contribution in [-0.4, -0.2) is 95.5 Å². The first kappa shape index (κ1) is 64.2. The minimum atomic E-state index is -1.32. The van der Waals surface area contributed by atoms with Crippen LogP contribution in [0.5, 0.6) is 0 Å². The van der Waals surface area contributed by atoms with E-state index in [-0.39, 0.29) is 62.3 Å². The van der Waals surface area contributed by atoms with Crippen LogP contribution in [0.4, 0.5) is 9.59 Å². The number of benzene rings is 2. The van der Waals surface area contributed by atoms with Crippen molar-refractivity contribution in [2.24, 2.45) is 46.3 Å². The van der Waals surface area contributed by atoms with E-state index >= 15 is 0 Å². The molecule has 0 radical (unpaired) electrons. The number of esters is 2. The lowest BCUT2D eigenvalue weighted by molar-refractivity contribution is -0.156. The largest absolute Gasteiger partial charge is 0.460 e. The molecule has 0 spiro atoms. The molecule has 14 nitrogen and oxygen atoms in total. The van der Waals surface area contributed by atoms with Crippen molar-refractivity contribution in [3.8, 4) is 11.1 Å². The molecule has 4 amide bonds. The SMILES string of the molecule is CC(C)CCC[C@@H](C)C1CC[C@H]2[C@H]3CC=C4C[C@@H](N(CCCNC(=O)[C@H](CCC(=O)OC(C)(C)C)NC(=O)[C@H](CCC(=O)OC(C)(C)C)NC(=O)OCC5c6ccccc6-c6ccccc65)C(=O)OC(C)(C)C)CCC4(C)C3CCC12C. The molecule has 3 saturated carbocycles. The first-order chi connectivity index (χ1) is 38.5. The molecule has 3 fully saturated rings. The molecule has 2 aromatic carbocycles. The topological polar surface area (TPSA) is 179 Å². The van der Waals surface area contributed by atoms with Gasteiger partial charge in [-0.2, -0.15) is 0 Å². The number of amides is 4. The molecular weight excluding hydrogens is 1030 g/mol. The van der Waals surface area contributed by atoms with Gasteiger partial charge in [-0.3, -0.25) is 19.2 Å². The van der Waals surface area contributed by atoms with Gasteiger partial charge in [0.1, 0.15) is 35.5 Å². The summed E-state index contributed by atoms with van der Waals surface area (Å²) in [7, 11) is 0. The fourth-order valence-corrected chi connectivity index (χ4v) is 15.2. The molecule has 2 aromatic rings. The molecular formula is C68H102N4O10. The molecule has 10 atom stereocenters. The molecule has 454 valence electrons. The van der Waals surface area contributed by atoms with Crippen LogP contribution in [0.15, 0.2) is 60.2 Å². The summed E-state index contributed by atoms with van der Waals surface area (Å²) < 4.78 is 23.0. The van der Waals surface area contributed by atoms with E-state index in [4.69, 9.17) is 18.9 Å². The van der Waals surface area contributed by atoms with E-state index in [1.54, 1.807) is 41.5 Å². The lowest BCUT2D eigenvalue weighted by Gasteiger charge is -2.59. The van der Waals surface area contributed by atoms with Gasteiger partial charge < -0.3 is 39.8 Å². The van der Waals surface area contributed by atoms with E-state index in [1.807, 2.05) is 74.2 Å². The van der Waals surface area contributed by atoms with Crippen molar-refractivity contribution in [2.45, 2.75) is 241 Å². The predicted molar refractivity (Wildman–Crippen MR) is 321 cm³/mol. The molecule has 0 saturated heterocycles. The van der Waals surface area contributed by atoms with Crippen LogP contribution in [0.1, 0.15) is 217 Å². The van der Waals surface area contributed by atoms with E-state index < -0.39 is 58.7 Å². The summed E-state index contributed by atoms with van der Waals surface area (Å²) in [4.78, 5) is 84.6. The van der Waals surface area contributed by atoms with Crippen LogP contribution in [-0.2, 0) is 38.1 Å². The zero-order valence-electron chi connectivity index (χ0n) is 52.4. The maximum Gasteiger partial charge on any atom is 0.410 e. The molecule has 5 aliphatic carbocycles. The van der Waals surface area contributed by atoms with E-state index in [2.05, 4.69) is 56.6 Å². The number of fused-ring (bicyclic) bond motifs is 8. The standard InChI is InChI=1S/C68H102N4O10/c1-43(2)21-19-22-44(3)53-29-30-54-51-28-27-45-41-46(35-37-67(45,13)55(51)36-38-68(53,54)14)72(63(78)82-66(10,11)12)40-20-39-69-60(75)56(31-33-58(73)80-64(4,5)6)70-61(76)57(32-34-59(74)81-65(7,8)9)71-62(77)79-42-52-49-25-17-15-23-47(49)48-24-16-18-26-50(48)52/h15-18,23-27,43-44,46,51-57H,19-22,28-42H2,1-14H3,(H,69,75)(H,70,76)(H,71,77)/t44-,46+,51-,53?,54+,55?,56+,57+,67?,68?/m1/s1. The Kier molecular flexibility index (Phi) is 20.9. The number of hydrogen-bond donors (Lipinski definition) is 3. The maximum absolute atomic E-state index is 14.4. The highest BCUT2D eigenvalue weighted by atomic mass is 16.6. The molecule has 5 aliphatic rings. The van der Waals surface area contributed by atoms with Gasteiger partial charge in [0.05, 0.1) is 0 Å². The van der Waals surface area contributed by atoms with Crippen LogP contribution in [0.25, 0.3) is 11.1 Å². The Morgan fingerprint density at radius 2 is 1.24 bits per heavy atom. The molecule has 0 aromatic heterocycles. The maximum atomic E-state index is 14.4. The molecule has 14 heteroatoms. The number of ether oxygens (including phenoxy) is 4. The van der Waals surface area contributed by atoms with E-state index in [9.17, 15) is 28.8 Å². The molecule has 0 bridgehead atoms. The van der Waals surface area contributed by atoms with Gasteiger partial charge in [-0.05, 0) is 202 Å². The Hall–Kier alpha value is -5.40. The van der Waals surface area contributed by atoms with E-state index in [0.29, 0.717) is 30.2 Å². The van der Waals surface area contributed by atoms with E-state index in [1.165, 1.54) is 50.5 Å². The van der Waals surface area contributed by atoms with Gasteiger partial charge in [-0.1, -0.05) is 114 Å². The Labute approximate surface area is 491 Å². The summed E-state index contributed by atoms with van der Waals surface area (Å²) in [5.41, 5.74) is 3.84. The first-order valence-electron chi connectivity index (χ1n) is 31.3. The van der Waals surface area contributed by atoms with Crippen LogP contribution in [0.2, 0.25) is 0 Å². The monoisotopic (exact) mass is 1130 g/mol. The van der Waals surface area contributed by atoms with Crippen molar-refractivity contribution in [3.05, 3.63) is 71.3 Å². The number of rotatable bonds is 22. The van der Waals surface area contributed by atoms with Gasteiger partial charge in [0.25, 0.3) is 0 Å². The van der Waals surface area contributed by atoms with Crippen molar-refractivity contribution in [2.75, 3.05) is 19.7 Å². The van der Waals surface area contributed by atoms with Crippen molar-refractivity contribution in [1.29, 1.82) is 0 Å². The fourth-order valence-electron chi connectivity index (χ4n) is 15.2. The number of carbonyl (C=O) groups is 6. The summed E-state index contributed by atoms with van der Waals surface area (Å²) in [6, 6.07) is 13.3. The van der Waals surface area contributed by atoms with Crippen LogP contribution in [0.3, 0.4) is 0 Å². The second-order valence-corrected chi connectivity index (χ2v) is 28.8. The Morgan fingerprint density at radius 1 is 0.659 bits per heavy atom. The molecule has 0 aliphatic heterocycles. The zero-order chi connectivity index (χ0) is 60.0. The van der Waals surface area contributed by atoms with Crippen LogP contribution >= 0.6 is 0 Å². The summed E-state index contributed by atoms with van der Waals surface area (Å²) in [5.74, 6) is 1.75. The number of nitrogens with zero attached hydrogens (tertiary/aromatic N) is 1. The normalized spacial score (nSPS) is 25.1. The van der Waals surface area contributed by atoms with Gasteiger partial charge in [0.2, 0.25) is 11.8 Å². The van der Waals surface area contributed by atoms with Crippen LogP contribution in [0, 0.1) is 46.3 Å².